The van der Waals surface area contributed by atoms with Gasteiger partial charge in [0.15, 0.2) is 17.5 Å². The molecule has 3 nitrogen and oxygen atoms in total. The molecule has 0 bridgehead atoms. The summed E-state index contributed by atoms with van der Waals surface area (Å²) in [6.07, 6.45) is 0. The zero-order valence-corrected chi connectivity index (χ0v) is 11.5. The summed E-state index contributed by atoms with van der Waals surface area (Å²) in [5.41, 5.74) is 0.910. The van der Waals surface area contributed by atoms with E-state index in [2.05, 4.69) is 5.32 Å². The highest BCUT2D eigenvalue weighted by Gasteiger charge is 2.11. The largest absolute Gasteiger partial charge is 0.497 e. The Morgan fingerprint density at radius 3 is 2.19 bits per heavy atom. The fourth-order valence-corrected chi connectivity index (χ4v) is 1.85. The Hall–Kier alpha value is -2.37. The average Bonchev–Trinajstić information content (AvgIpc) is 2.50. The topological polar surface area (TPSA) is 30.5 Å². The van der Waals surface area contributed by atoms with Gasteiger partial charge in [0.2, 0.25) is 0 Å². The minimum atomic E-state index is -1.47. The minimum Gasteiger partial charge on any atom is -0.497 e. The lowest BCUT2D eigenvalue weighted by molar-refractivity contribution is 0.395. The van der Waals surface area contributed by atoms with Gasteiger partial charge < -0.3 is 14.8 Å². The monoisotopic (exact) mass is 297 g/mol. The van der Waals surface area contributed by atoms with Crippen molar-refractivity contribution in [2.45, 2.75) is 6.54 Å². The van der Waals surface area contributed by atoms with Gasteiger partial charge in [-0.2, -0.15) is 0 Å². The fourth-order valence-electron chi connectivity index (χ4n) is 1.85. The first kappa shape index (κ1) is 15.0. The van der Waals surface area contributed by atoms with Crippen LogP contribution < -0.4 is 14.8 Å². The van der Waals surface area contributed by atoms with Crippen molar-refractivity contribution in [2.75, 3.05) is 19.5 Å². The summed E-state index contributed by atoms with van der Waals surface area (Å²) < 4.78 is 49.4. The Morgan fingerprint density at radius 2 is 1.62 bits per heavy atom. The van der Waals surface area contributed by atoms with Gasteiger partial charge in [0, 0.05) is 12.6 Å². The smallest absolute Gasteiger partial charge is 0.194 e. The number of benzene rings is 2. The molecule has 0 radical (unpaired) electrons. The molecule has 0 spiro atoms. The second kappa shape index (κ2) is 6.39. The van der Waals surface area contributed by atoms with Crippen LogP contribution in [0.2, 0.25) is 0 Å². The molecule has 0 saturated heterocycles. The third kappa shape index (κ3) is 3.39. The molecule has 0 saturated carbocycles. The van der Waals surface area contributed by atoms with Crippen LogP contribution in [0, 0.1) is 17.5 Å². The van der Waals surface area contributed by atoms with Crippen LogP contribution in [0.3, 0.4) is 0 Å². The number of ether oxygens (including phenoxy) is 2. The van der Waals surface area contributed by atoms with Crippen LogP contribution in [0.25, 0.3) is 0 Å². The van der Waals surface area contributed by atoms with E-state index < -0.39 is 17.5 Å². The van der Waals surface area contributed by atoms with Gasteiger partial charge >= 0.3 is 0 Å². The van der Waals surface area contributed by atoms with E-state index in [4.69, 9.17) is 9.47 Å². The van der Waals surface area contributed by atoms with Gasteiger partial charge in [0.25, 0.3) is 0 Å². The number of hydrogen-bond donors (Lipinski definition) is 1. The highest BCUT2D eigenvalue weighted by molar-refractivity contribution is 5.59. The molecule has 2 aromatic carbocycles. The van der Waals surface area contributed by atoms with E-state index in [1.165, 1.54) is 14.2 Å². The second-order valence-electron chi connectivity index (χ2n) is 4.29. The summed E-state index contributed by atoms with van der Waals surface area (Å²) >= 11 is 0. The molecule has 0 aliphatic rings. The Kier molecular flexibility index (Phi) is 4.57. The van der Waals surface area contributed by atoms with Gasteiger partial charge in [-0.1, -0.05) is 0 Å². The van der Waals surface area contributed by atoms with Gasteiger partial charge in [-0.3, -0.25) is 0 Å². The first-order valence-electron chi connectivity index (χ1n) is 6.14. The van der Waals surface area contributed by atoms with Crippen molar-refractivity contribution in [3.63, 3.8) is 0 Å². The Balaban J connectivity index is 2.16. The van der Waals surface area contributed by atoms with E-state index in [-0.39, 0.29) is 12.1 Å². The molecule has 0 atom stereocenters. The minimum absolute atomic E-state index is 0.122. The summed E-state index contributed by atoms with van der Waals surface area (Å²) in [6.45, 7) is 0.122. The van der Waals surface area contributed by atoms with Crippen molar-refractivity contribution in [3.8, 4) is 11.5 Å². The lowest BCUT2D eigenvalue weighted by Gasteiger charge is -2.12. The summed E-state index contributed by atoms with van der Waals surface area (Å²) in [4.78, 5) is 0. The van der Waals surface area contributed by atoms with E-state index in [1.807, 2.05) is 0 Å². The van der Waals surface area contributed by atoms with E-state index in [0.29, 0.717) is 17.2 Å². The Labute approximate surface area is 120 Å². The quantitative estimate of drug-likeness (QED) is 0.853. The third-order valence-electron chi connectivity index (χ3n) is 2.94. The molecule has 0 heterocycles. The lowest BCUT2D eigenvalue weighted by Crippen LogP contribution is -2.04. The van der Waals surface area contributed by atoms with Gasteiger partial charge in [-0.25, -0.2) is 13.2 Å². The van der Waals surface area contributed by atoms with Crippen LogP contribution in [0.15, 0.2) is 30.3 Å². The van der Waals surface area contributed by atoms with Crippen LogP contribution >= 0.6 is 0 Å². The molecular formula is C15H14F3NO2. The standard InChI is InChI=1S/C15H14F3NO2/c1-20-10-3-4-13(14(7-10)21-2)19-8-9-5-11(16)15(18)12(17)6-9/h3-7,19H,8H2,1-2H3. The van der Waals surface area contributed by atoms with Crippen molar-refractivity contribution >= 4 is 5.69 Å². The molecule has 0 unspecified atom stereocenters. The number of anilines is 1. The Bertz CT molecular complexity index is 624. The number of rotatable bonds is 5. The maximum absolute atomic E-state index is 13.1. The van der Waals surface area contributed by atoms with E-state index in [1.54, 1.807) is 18.2 Å². The van der Waals surface area contributed by atoms with Gasteiger partial charge in [0.1, 0.15) is 11.5 Å². The molecular weight excluding hydrogens is 283 g/mol. The first-order valence-corrected chi connectivity index (χ1v) is 6.14. The number of hydrogen-bond acceptors (Lipinski definition) is 3. The van der Waals surface area contributed by atoms with E-state index >= 15 is 0 Å². The van der Waals surface area contributed by atoms with Crippen molar-refractivity contribution in [2.24, 2.45) is 0 Å². The van der Waals surface area contributed by atoms with Gasteiger partial charge in [0.05, 0.1) is 19.9 Å². The predicted octanol–water partition coefficient (Wildman–Crippen LogP) is 3.73. The van der Waals surface area contributed by atoms with Gasteiger partial charge in [-0.15, -0.1) is 0 Å². The summed E-state index contributed by atoms with van der Waals surface area (Å²) in [7, 11) is 3.03. The second-order valence-corrected chi connectivity index (χ2v) is 4.29. The molecule has 0 aliphatic heterocycles. The molecule has 2 aromatic rings. The highest BCUT2D eigenvalue weighted by Crippen LogP contribution is 2.29. The molecule has 0 fully saturated rings. The fraction of sp³-hybridized carbons (Fsp3) is 0.200. The van der Waals surface area contributed by atoms with Crippen molar-refractivity contribution in [1.29, 1.82) is 0 Å². The average molecular weight is 297 g/mol. The van der Waals surface area contributed by atoms with Crippen LogP contribution in [0.5, 0.6) is 11.5 Å². The molecule has 0 aromatic heterocycles. The molecule has 0 aliphatic carbocycles. The molecule has 0 amide bonds. The van der Waals surface area contributed by atoms with E-state index in [9.17, 15) is 13.2 Å². The molecule has 112 valence electrons. The molecule has 1 N–H and O–H groups in total. The third-order valence-corrected chi connectivity index (χ3v) is 2.94. The zero-order chi connectivity index (χ0) is 15.4. The van der Waals surface area contributed by atoms with Crippen molar-refractivity contribution in [3.05, 3.63) is 53.3 Å². The van der Waals surface area contributed by atoms with E-state index in [0.717, 1.165) is 12.1 Å². The SMILES string of the molecule is COc1ccc(NCc2cc(F)c(F)c(F)c2)c(OC)c1. The summed E-state index contributed by atoms with van der Waals surface area (Å²) in [6, 6.07) is 7.00. The normalized spacial score (nSPS) is 10.3. The Morgan fingerprint density at radius 1 is 0.952 bits per heavy atom. The van der Waals surface area contributed by atoms with Gasteiger partial charge in [-0.05, 0) is 29.8 Å². The van der Waals surface area contributed by atoms with Crippen molar-refractivity contribution < 1.29 is 22.6 Å². The predicted molar refractivity (Wildman–Crippen MR) is 73.2 cm³/mol. The maximum Gasteiger partial charge on any atom is 0.194 e. The summed E-state index contributed by atoms with van der Waals surface area (Å²) in [5.74, 6) is -2.75. The summed E-state index contributed by atoms with van der Waals surface area (Å²) in [5, 5.41) is 2.97. The van der Waals surface area contributed by atoms with Crippen molar-refractivity contribution in [1.82, 2.24) is 0 Å². The van der Waals surface area contributed by atoms with Crippen LogP contribution in [-0.2, 0) is 6.54 Å². The van der Waals surface area contributed by atoms with Crippen LogP contribution in [0.4, 0.5) is 18.9 Å². The first-order chi connectivity index (χ1) is 10.0. The lowest BCUT2D eigenvalue weighted by atomic mass is 10.2. The molecule has 2 rings (SSSR count). The number of nitrogens with one attached hydrogen (secondary N) is 1. The van der Waals surface area contributed by atoms with Crippen LogP contribution in [-0.4, -0.2) is 14.2 Å². The molecule has 6 heteroatoms. The molecule has 21 heavy (non-hydrogen) atoms. The number of halogens is 3. The highest BCUT2D eigenvalue weighted by atomic mass is 19.2. The zero-order valence-electron chi connectivity index (χ0n) is 11.5. The maximum atomic E-state index is 13.1. The number of methoxy groups -OCH3 is 2. The van der Waals surface area contributed by atoms with Crippen LogP contribution in [0.1, 0.15) is 5.56 Å².